The lowest BCUT2D eigenvalue weighted by Crippen LogP contribution is -2.26. The second-order valence-electron chi connectivity index (χ2n) is 4.71. The number of carbonyl (C=O) groups is 1. The van der Waals surface area contributed by atoms with Gasteiger partial charge in [0.05, 0.1) is 11.6 Å². The first kappa shape index (κ1) is 15.1. The van der Waals surface area contributed by atoms with Gasteiger partial charge in [0.1, 0.15) is 0 Å². The molecule has 21 heavy (non-hydrogen) atoms. The summed E-state index contributed by atoms with van der Waals surface area (Å²) in [7, 11) is 1.74. The number of halogens is 1. The molecule has 0 bridgehead atoms. The minimum Gasteiger partial charge on any atom is -0.398 e. The largest absolute Gasteiger partial charge is 0.398 e. The molecule has 106 valence electrons. The molecule has 0 atom stereocenters. The van der Waals surface area contributed by atoms with E-state index in [2.05, 4.69) is 22.0 Å². The maximum Gasteiger partial charge on any atom is 0.253 e. The Balaban J connectivity index is 2.11. The number of hydrogen-bond donors (Lipinski definition) is 1. The highest BCUT2D eigenvalue weighted by Gasteiger charge is 2.13. The van der Waals surface area contributed by atoms with Gasteiger partial charge in [-0.1, -0.05) is 12.1 Å². The fourth-order valence-electron chi connectivity index (χ4n) is 1.91. The van der Waals surface area contributed by atoms with Crippen LogP contribution in [0.2, 0.25) is 0 Å². The molecule has 0 spiro atoms. The molecular formula is C16H14BrN3O. The molecule has 1 amide bonds. The number of nitrogens with two attached hydrogens (primary N) is 1. The number of hydrogen-bond acceptors (Lipinski definition) is 3. The molecule has 0 radical (unpaired) electrons. The maximum absolute atomic E-state index is 12.3. The molecule has 0 aromatic heterocycles. The zero-order chi connectivity index (χ0) is 15.4. The van der Waals surface area contributed by atoms with Gasteiger partial charge >= 0.3 is 0 Å². The number of nitrogen functional groups attached to an aromatic ring is 1. The molecule has 0 aliphatic rings. The Labute approximate surface area is 131 Å². The smallest absolute Gasteiger partial charge is 0.253 e. The molecular weight excluding hydrogens is 330 g/mol. The minimum absolute atomic E-state index is 0.0833. The summed E-state index contributed by atoms with van der Waals surface area (Å²) in [5.74, 6) is -0.0833. The zero-order valence-corrected chi connectivity index (χ0v) is 13.1. The quantitative estimate of drug-likeness (QED) is 0.870. The van der Waals surface area contributed by atoms with Crippen LogP contribution in [-0.4, -0.2) is 17.9 Å². The van der Waals surface area contributed by atoms with E-state index < -0.39 is 0 Å². The Bertz CT molecular complexity index is 704. The van der Waals surface area contributed by atoms with Gasteiger partial charge in [-0.3, -0.25) is 4.79 Å². The lowest BCUT2D eigenvalue weighted by Gasteiger charge is -2.17. The predicted octanol–water partition coefficient (Wildman–Crippen LogP) is 3.18. The van der Waals surface area contributed by atoms with E-state index in [4.69, 9.17) is 11.0 Å². The van der Waals surface area contributed by atoms with Gasteiger partial charge in [0.15, 0.2) is 0 Å². The van der Waals surface area contributed by atoms with Crippen LogP contribution in [0.3, 0.4) is 0 Å². The highest BCUT2D eigenvalue weighted by atomic mass is 79.9. The summed E-state index contributed by atoms with van der Waals surface area (Å²) in [5.41, 5.74) is 8.47. The monoisotopic (exact) mass is 343 g/mol. The van der Waals surface area contributed by atoms with Crippen LogP contribution in [0.15, 0.2) is 46.9 Å². The first-order valence-corrected chi connectivity index (χ1v) is 7.10. The number of amides is 1. The van der Waals surface area contributed by atoms with Crippen LogP contribution in [0.1, 0.15) is 21.5 Å². The summed E-state index contributed by atoms with van der Waals surface area (Å²) in [6, 6.07) is 14.4. The third kappa shape index (κ3) is 3.61. The van der Waals surface area contributed by atoms with E-state index >= 15 is 0 Å². The Morgan fingerprint density at radius 2 is 1.95 bits per heavy atom. The Morgan fingerprint density at radius 3 is 2.52 bits per heavy atom. The first-order valence-electron chi connectivity index (χ1n) is 6.31. The number of nitrogens with zero attached hydrogens (tertiary/aromatic N) is 2. The summed E-state index contributed by atoms with van der Waals surface area (Å²) < 4.78 is 0.708. The topological polar surface area (TPSA) is 70.1 Å². The number of carbonyl (C=O) groups excluding carboxylic acids is 1. The molecule has 0 aliphatic carbocycles. The van der Waals surface area contributed by atoms with Gasteiger partial charge in [-0.15, -0.1) is 0 Å². The van der Waals surface area contributed by atoms with Crippen LogP contribution >= 0.6 is 15.9 Å². The first-order chi connectivity index (χ1) is 10.0. The Kier molecular flexibility index (Phi) is 4.61. The molecule has 5 heteroatoms. The Morgan fingerprint density at radius 1 is 1.29 bits per heavy atom. The molecule has 2 rings (SSSR count). The van der Waals surface area contributed by atoms with E-state index in [1.54, 1.807) is 42.3 Å². The number of rotatable bonds is 3. The molecule has 2 N–H and O–H groups in total. The van der Waals surface area contributed by atoms with Crippen LogP contribution in [0.25, 0.3) is 0 Å². The number of anilines is 1. The van der Waals surface area contributed by atoms with Crippen molar-refractivity contribution in [3.05, 3.63) is 63.6 Å². The van der Waals surface area contributed by atoms with E-state index in [1.165, 1.54) is 0 Å². The van der Waals surface area contributed by atoms with Crippen LogP contribution in [0.4, 0.5) is 5.69 Å². The van der Waals surface area contributed by atoms with Crippen molar-refractivity contribution in [1.82, 2.24) is 4.90 Å². The molecule has 0 saturated heterocycles. The maximum atomic E-state index is 12.3. The van der Waals surface area contributed by atoms with Gasteiger partial charge in [0.2, 0.25) is 0 Å². The fraction of sp³-hybridized carbons (Fsp3) is 0.125. The number of benzene rings is 2. The zero-order valence-electron chi connectivity index (χ0n) is 11.5. The molecule has 2 aromatic rings. The van der Waals surface area contributed by atoms with Gasteiger partial charge in [-0.25, -0.2) is 0 Å². The van der Waals surface area contributed by atoms with Crippen molar-refractivity contribution in [3.8, 4) is 6.07 Å². The van der Waals surface area contributed by atoms with Gasteiger partial charge < -0.3 is 10.6 Å². The third-order valence-electron chi connectivity index (χ3n) is 3.10. The van der Waals surface area contributed by atoms with Gasteiger partial charge in [0, 0.05) is 29.3 Å². The van der Waals surface area contributed by atoms with E-state index in [1.807, 2.05) is 12.1 Å². The van der Waals surface area contributed by atoms with Crippen molar-refractivity contribution in [2.75, 3.05) is 12.8 Å². The molecule has 2 aromatic carbocycles. The minimum atomic E-state index is -0.0833. The summed E-state index contributed by atoms with van der Waals surface area (Å²) in [5, 5.41) is 8.77. The molecule has 0 aliphatic heterocycles. The lowest BCUT2D eigenvalue weighted by molar-refractivity contribution is 0.0785. The van der Waals surface area contributed by atoms with Crippen LogP contribution in [-0.2, 0) is 6.54 Å². The molecule has 0 unspecified atom stereocenters. The second-order valence-corrected chi connectivity index (χ2v) is 5.56. The van der Waals surface area contributed by atoms with Crippen LogP contribution in [0, 0.1) is 11.3 Å². The van der Waals surface area contributed by atoms with Crippen molar-refractivity contribution in [2.24, 2.45) is 0 Å². The average Bonchev–Trinajstić information content (AvgIpc) is 2.50. The second kappa shape index (κ2) is 6.42. The lowest BCUT2D eigenvalue weighted by atomic mass is 10.1. The van der Waals surface area contributed by atoms with E-state index in [0.29, 0.717) is 27.8 Å². The van der Waals surface area contributed by atoms with Crippen LogP contribution < -0.4 is 5.73 Å². The fourth-order valence-corrected chi connectivity index (χ4v) is 2.29. The number of nitriles is 1. The molecule has 4 nitrogen and oxygen atoms in total. The van der Waals surface area contributed by atoms with Gasteiger partial charge in [0.25, 0.3) is 5.91 Å². The van der Waals surface area contributed by atoms with Crippen molar-refractivity contribution in [2.45, 2.75) is 6.54 Å². The predicted molar refractivity (Wildman–Crippen MR) is 85.5 cm³/mol. The van der Waals surface area contributed by atoms with Gasteiger partial charge in [-0.2, -0.15) is 5.26 Å². The average molecular weight is 344 g/mol. The van der Waals surface area contributed by atoms with Crippen molar-refractivity contribution in [1.29, 1.82) is 5.26 Å². The highest BCUT2D eigenvalue weighted by molar-refractivity contribution is 9.10. The van der Waals surface area contributed by atoms with E-state index in [9.17, 15) is 4.79 Å². The standard InChI is InChI=1S/C16H14BrN3O/c1-20(10-12-4-2-11(9-18)3-5-12)16(21)13-6-7-15(19)14(17)8-13/h2-8H,10,19H2,1H3. The normalized spacial score (nSPS) is 9.95. The SMILES string of the molecule is CN(Cc1ccc(C#N)cc1)C(=O)c1ccc(N)c(Br)c1. The third-order valence-corrected chi connectivity index (χ3v) is 3.78. The summed E-state index contributed by atoms with van der Waals surface area (Å²) in [6.07, 6.45) is 0. The highest BCUT2D eigenvalue weighted by Crippen LogP contribution is 2.21. The molecule has 0 fully saturated rings. The summed E-state index contributed by atoms with van der Waals surface area (Å²) >= 11 is 3.32. The summed E-state index contributed by atoms with van der Waals surface area (Å²) in [4.78, 5) is 14.0. The molecule has 0 heterocycles. The van der Waals surface area contributed by atoms with Crippen molar-refractivity contribution >= 4 is 27.5 Å². The van der Waals surface area contributed by atoms with E-state index in [0.717, 1.165) is 5.56 Å². The molecule has 0 saturated carbocycles. The summed E-state index contributed by atoms with van der Waals surface area (Å²) in [6.45, 7) is 0.479. The Hall–Kier alpha value is -2.32. The van der Waals surface area contributed by atoms with E-state index in [-0.39, 0.29) is 5.91 Å². The van der Waals surface area contributed by atoms with Gasteiger partial charge in [-0.05, 0) is 51.8 Å². The van der Waals surface area contributed by atoms with Crippen LogP contribution in [0.5, 0.6) is 0 Å². The van der Waals surface area contributed by atoms with Crippen molar-refractivity contribution in [3.63, 3.8) is 0 Å². The van der Waals surface area contributed by atoms with Crippen molar-refractivity contribution < 1.29 is 4.79 Å².